The second-order valence-electron chi connectivity index (χ2n) is 3.20. The predicted octanol–water partition coefficient (Wildman–Crippen LogP) is 2.33. The molecular weight excluding hydrogens is 122 g/mol. The van der Waals surface area contributed by atoms with Gasteiger partial charge in [-0.2, -0.15) is 0 Å². The first kappa shape index (κ1) is 9.70. The highest BCUT2D eigenvalue weighted by Crippen LogP contribution is 2.11. The highest BCUT2D eigenvalue weighted by atomic mass is 14.6. The lowest BCUT2D eigenvalue weighted by molar-refractivity contribution is 0.479. The number of nitrogens with two attached hydrogens (primary N) is 1. The fraction of sp³-hybridized carbons (Fsp3) is 0.778. The second kappa shape index (κ2) is 4.51. The Morgan fingerprint density at radius 3 is 2.40 bits per heavy atom. The molecule has 0 rings (SSSR count). The SMILES string of the molecule is C=C(C)C(N)CC(C)CC. The molecule has 0 aliphatic heterocycles. The van der Waals surface area contributed by atoms with Crippen LogP contribution in [0.2, 0.25) is 0 Å². The Labute approximate surface area is 64.3 Å². The summed E-state index contributed by atoms with van der Waals surface area (Å²) in [6, 6.07) is 0.204. The summed E-state index contributed by atoms with van der Waals surface area (Å²) < 4.78 is 0. The molecule has 2 unspecified atom stereocenters. The lowest BCUT2D eigenvalue weighted by Gasteiger charge is -2.15. The molecule has 0 radical (unpaired) electrons. The van der Waals surface area contributed by atoms with Gasteiger partial charge in [0.15, 0.2) is 0 Å². The summed E-state index contributed by atoms with van der Waals surface area (Å²) in [4.78, 5) is 0. The maximum atomic E-state index is 5.79. The third-order valence-electron chi connectivity index (χ3n) is 1.99. The van der Waals surface area contributed by atoms with Crippen molar-refractivity contribution in [3.63, 3.8) is 0 Å². The van der Waals surface area contributed by atoms with Crippen LogP contribution < -0.4 is 5.73 Å². The summed E-state index contributed by atoms with van der Waals surface area (Å²) in [5, 5.41) is 0. The standard InChI is InChI=1S/C9H19N/c1-5-8(4)6-9(10)7(2)3/h8-9H,2,5-6,10H2,1,3-4H3. The van der Waals surface area contributed by atoms with E-state index in [4.69, 9.17) is 5.73 Å². The van der Waals surface area contributed by atoms with Crippen molar-refractivity contribution in [1.29, 1.82) is 0 Å². The van der Waals surface area contributed by atoms with E-state index in [9.17, 15) is 0 Å². The molecule has 0 saturated heterocycles. The van der Waals surface area contributed by atoms with Crippen LogP contribution in [0.25, 0.3) is 0 Å². The molecule has 10 heavy (non-hydrogen) atoms. The van der Waals surface area contributed by atoms with Gasteiger partial charge in [0.1, 0.15) is 0 Å². The van der Waals surface area contributed by atoms with Gasteiger partial charge in [0.05, 0.1) is 0 Å². The largest absolute Gasteiger partial charge is 0.324 e. The molecule has 1 heteroatoms. The monoisotopic (exact) mass is 141 g/mol. The van der Waals surface area contributed by atoms with Crippen molar-refractivity contribution in [2.24, 2.45) is 11.7 Å². The van der Waals surface area contributed by atoms with E-state index in [0.717, 1.165) is 17.9 Å². The van der Waals surface area contributed by atoms with Crippen molar-refractivity contribution >= 4 is 0 Å². The van der Waals surface area contributed by atoms with Gasteiger partial charge in [-0.3, -0.25) is 0 Å². The van der Waals surface area contributed by atoms with Crippen LogP contribution in [0, 0.1) is 5.92 Å². The average Bonchev–Trinajstić information content (AvgIpc) is 1.87. The van der Waals surface area contributed by atoms with Gasteiger partial charge in [0.2, 0.25) is 0 Å². The maximum absolute atomic E-state index is 5.79. The molecule has 0 spiro atoms. The van der Waals surface area contributed by atoms with E-state index in [-0.39, 0.29) is 6.04 Å². The molecule has 0 aliphatic carbocycles. The lowest BCUT2D eigenvalue weighted by atomic mass is 9.96. The minimum Gasteiger partial charge on any atom is -0.324 e. The number of rotatable bonds is 4. The zero-order valence-electron chi connectivity index (χ0n) is 7.35. The Morgan fingerprint density at radius 2 is 2.10 bits per heavy atom. The van der Waals surface area contributed by atoms with E-state index in [0.29, 0.717) is 0 Å². The molecule has 2 N–H and O–H groups in total. The first-order valence-electron chi connectivity index (χ1n) is 3.98. The normalized spacial score (nSPS) is 16.4. The van der Waals surface area contributed by atoms with Crippen molar-refractivity contribution in [1.82, 2.24) is 0 Å². The maximum Gasteiger partial charge on any atom is 0.0250 e. The smallest absolute Gasteiger partial charge is 0.0250 e. The molecule has 2 atom stereocenters. The Hall–Kier alpha value is -0.300. The third kappa shape index (κ3) is 3.67. The van der Waals surface area contributed by atoms with Crippen LogP contribution in [0.15, 0.2) is 12.2 Å². The first-order valence-corrected chi connectivity index (χ1v) is 3.98. The molecule has 0 saturated carbocycles. The van der Waals surface area contributed by atoms with Gasteiger partial charge in [0, 0.05) is 6.04 Å². The van der Waals surface area contributed by atoms with Gasteiger partial charge in [-0.05, 0) is 19.3 Å². The summed E-state index contributed by atoms with van der Waals surface area (Å²) in [5.74, 6) is 0.728. The van der Waals surface area contributed by atoms with Crippen LogP contribution >= 0.6 is 0 Å². The van der Waals surface area contributed by atoms with Crippen LogP contribution in [0.5, 0.6) is 0 Å². The lowest BCUT2D eigenvalue weighted by Crippen LogP contribution is -2.23. The van der Waals surface area contributed by atoms with Gasteiger partial charge in [-0.15, -0.1) is 0 Å². The van der Waals surface area contributed by atoms with Crippen LogP contribution in [-0.4, -0.2) is 6.04 Å². The summed E-state index contributed by atoms with van der Waals surface area (Å²) >= 11 is 0. The fourth-order valence-electron chi connectivity index (χ4n) is 0.801. The van der Waals surface area contributed by atoms with Crippen molar-refractivity contribution < 1.29 is 0 Å². The van der Waals surface area contributed by atoms with E-state index < -0.39 is 0 Å². The molecule has 0 fully saturated rings. The summed E-state index contributed by atoms with van der Waals surface area (Å²) in [6.07, 6.45) is 2.28. The van der Waals surface area contributed by atoms with E-state index in [1.165, 1.54) is 6.42 Å². The first-order chi connectivity index (χ1) is 4.57. The minimum absolute atomic E-state index is 0.204. The Kier molecular flexibility index (Phi) is 4.37. The molecular formula is C9H19N. The third-order valence-corrected chi connectivity index (χ3v) is 1.99. The van der Waals surface area contributed by atoms with Crippen LogP contribution in [-0.2, 0) is 0 Å². The highest BCUT2D eigenvalue weighted by Gasteiger charge is 2.06. The number of hydrogen-bond acceptors (Lipinski definition) is 1. The Balaban J connectivity index is 3.56. The van der Waals surface area contributed by atoms with Crippen molar-refractivity contribution in [3.8, 4) is 0 Å². The molecule has 0 aromatic heterocycles. The van der Waals surface area contributed by atoms with Crippen molar-refractivity contribution in [2.45, 2.75) is 39.7 Å². The van der Waals surface area contributed by atoms with Crippen LogP contribution in [0.4, 0.5) is 0 Å². The van der Waals surface area contributed by atoms with Gasteiger partial charge in [-0.25, -0.2) is 0 Å². The zero-order chi connectivity index (χ0) is 8.15. The van der Waals surface area contributed by atoms with Crippen LogP contribution in [0.3, 0.4) is 0 Å². The molecule has 0 amide bonds. The van der Waals surface area contributed by atoms with Gasteiger partial charge >= 0.3 is 0 Å². The summed E-state index contributed by atoms with van der Waals surface area (Å²) in [7, 11) is 0. The minimum atomic E-state index is 0.204. The summed E-state index contributed by atoms with van der Waals surface area (Å²) in [5.41, 5.74) is 6.89. The van der Waals surface area contributed by atoms with Gasteiger partial charge in [-0.1, -0.05) is 32.4 Å². The predicted molar refractivity (Wildman–Crippen MR) is 46.9 cm³/mol. The van der Waals surface area contributed by atoms with Crippen molar-refractivity contribution in [2.75, 3.05) is 0 Å². The quantitative estimate of drug-likeness (QED) is 0.597. The average molecular weight is 141 g/mol. The van der Waals surface area contributed by atoms with Crippen LogP contribution in [0.1, 0.15) is 33.6 Å². The molecule has 0 heterocycles. The topological polar surface area (TPSA) is 26.0 Å². The second-order valence-corrected chi connectivity index (χ2v) is 3.20. The molecule has 0 aliphatic rings. The number of hydrogen-bond donors (Lipinski definition) is 1. The van der Waals surface area contributed by atoms with Gasteiger partial charge in [0.25, 0.3) is 0 Å². The Morgan fingerprint density at radius 1 is 1.60 bits per heavy atom. The van der Waals surface area contributed by atoms with Crippen molar-refractivity contribution in [3.05, 3.63) is 12.2 Å². The molecule has 0 aromatic carbocycles. The molecule has 0 bridgehead atoms. The van der Waals surface area contributed by atoms with E-state index >= 15 is 0 Å². The van der Waals surface area contributed by atoms with Gasteiger partial charge < -0.3 is 5.73 Å². The highest BCUT2D eigenvalue weighted by molar-refractivity contribution is 4.99. The molecule has 1 nitrogen and oxygen atoms in total. The summed E-state index contributed by atoms with van der Waals surface area (Å²) in [6.45, 7) is 10.2. The zero-order valence-corrected chi connectivity index (χ0v) is 7.35. The molecule has 0 aromatic rings. The van der Waals surface area contributed by atoms with E-state index in [1.54, 1.807) is 0 Å². The molecule has 60 valence electrons. The van der Waals surface area contributed by atoms with E-state index in [2.05, 4.69) is 20.4 Å². The fourth-order valence-corrected chi connectivity index (χ4v) is 0.801. The van der Waals surface area contributed by atoms with E-state index in [1.807, 2.05) is 6.92 Å². The Bertz CT molecular complexity index is 107.